The SMILES string of the molecule is CC(C)Cc1nc(CN2C[C@@H](Cc3ccc4ccccc4n3)[C@H](O)C2)no1. The number of benzene rings is 1. The minimum atomic E-state index is -0.361. The molecule has 1 aliphatic heterocycles. The number of hydrogen-bond donors (Lipinski definition) is 1. The first kappa shape index (κ1) is 18.1. The third kappa shape index (κ3) is 4.34. The lowest BCUT2D eigenvalue weighted by Gasteiger charge is -2.14. The van der Waals surface area contributed by atoms with Gasteiger partial charge in [-0.3, -0.25) is 9.88 Å². The highest BCUT2D eigenvalue weighted by Crippen LogP contribution is 2.23. The van der Waals surface area contributed by atoms with E-state index < -0.39 is 0 Å². The van der Waals surface area contributed by atoms with Gasteiger partial charge in [0.05, 0.1) is 18.2 Å². The predicted molar refractivity (Wildman–Crippen MR) is 103 cm³/mol. The van der Waals surface area contributed by atoms with Crippen LogP contribution in [-0.2, 0) is 19.4 Å². The summed E-state index contributed by atoms with van der Waals surface area (Å²) in [6.45, 7) is 6.31. The molecule has 4 rings (SSSR count). The maximum atomic E-state index is 10.5. The molecule has 1 saturated heterocycles. The number of rotatable bonds is 6. The minimum absolute atomic E-state index is 0.167. The second-order valence-corrected chi connectivity index (χ2v) is 7.92. The highest BCUT2D eigenvalue weighted by atomic mass is 16.5. The summed E-state index contributed by atoms with van der Waals surface area (Å²) in [6, 6.07) is 12.3. The Kier molecular flexibility index (Phi) is 5.18. The van der Waals surface area contributed by atoms with Gasteiger partial charge >= 0.3 is 0 Å². The number of β-amino-alcohol motifs (C(OH)–C–C–N with tert-alkyl or cyclic N) is 1. The van der Waals surface area contributed by atoms with Gasteiger partial charge in [-0.05, 0) is 24.5 Å². The van der Waals surface area contributed by atoms with E-state index >= 15 is 0 Å². The summed E-state index contributed by atoms with van der Waals surface area (Å²) in [5.74, 6) is 2.05. The van der Waals surface area contributed by atoms with Crippen LogP contribution in [0.25, 0.3) is 10.9 Å². The number of aliphatic hydroxyl groups excluding tert-OH is 1. The van der Waals surface area contributed by atoms with E-state index in [9.17, 15) is 5.11 Å². The van der Waals surface area contributed by atoms with Crippen LogP contribution in [0.2, 0.25) is 0 Å². The zero-order valence-corrected chi connectivity index (χ0v) is 15.9. The normalized spacial score (nSPS) is 20.7. The number of likely N-dealkylation sites (tertiary alicyclic amines) is 1. The van der Waals surface area contributed by atoms with Crippen molar-refractivity contribution in [3.8, 4) is 0 Å². The molecule has 0 saturated carbocycles. The quantitative estimate of drug-likeness (QED) is 0.723. The van der Waals surface area contributed by atoms with E-state index in [4.69, 9.17) is 9.51 Å². The van der Waals surface area contributed by atoms with E-state index in [1.165, 1.54) is 0 Å². The highest BCUT2D eigenvalue weighted by molar-refractivity contribution is 5.78. The van der Waals surface area contributed by atoms with Crippen LogP contribution in [0.4, 0.5) is 0 Å². The molecule has 0 radical (unpaired) electrons. The van der Waals surface area contributed by atoms with Crippen molar-refractivity contribution in [2.75, 3.05) is 13.1 Å². The molecule has 0 aliphatic carbocycles. The molecular weight excluding hydrogens is 340 g/mol. The Balaban J connectivity index is 1.38. The first-order chi connectivity index (χ1) is 13.1. The van der Waals surface area contributed by atoms with E-state index in [0.717, 1.165) is 36.0 Å². The van der Waals surface area contributed by atoms with Crippen molar-refractivity contribution in [1.29, 1.82) is 0 Å². The van der Waals surface area contributed by atoms with Crippen molar-refractivity contribution < 1.29 is 9.63 Å². The smallest absolute Gasteiger partial charge is 0.226 e. The summed E-state index contributed by atoms with van der Waals surface area (Å²) in [5, 5.41) is 15.7. The first-order valence-corrected chi connectivity index (χ1v) is 9.63. The van der Waals surface area contributed by atoms with Gasteiger partial charge in [-0.25, -0.2) is 0 Å². The second kappa shape index (κ2) is 7.74. The minimum Gasteiger partial charge on any atom is -0.391 e. The van der Waals surface area contributed by atoms with Crippen LogP contribution in [0.5, 0.6) is 0 Å². The third-order valence-electron chi connectivity index (χ3n) is 5.07. The van der Waals surface area contributed by atoms with E-state index in [1.54, 1.807) is 0 Å². The Hall–Kier alpha value is -2.31. The fourth-order valence-corrected chi connectivity index (χ4v) is 3.75. The second-order valence-electron chi connectivity index (χ2n) is 7.92. The standard InChI is InChI=1S/C21H26N4O2/c1-14(2)9-21-23-20(24-27-21)13-25-11-16(19(26)12-25)10-17-8-7-15-5-3-4-6-18(15)22-17/h3-8,14,16,19,26H,9-13H2,1-2H3/t16-,19-/m1/s1. The van der Waals surface area contributed by atoms with Gasteiger partial charge in [-0.1, -0.05) is 43.3 Å². The molecule has 1 aliphatic rings. The summed E-state index contributed by atoms with van der Waals surface area (Å²) >= 11 is 0. The largest absolute Gasteiger partial charge is 0.391 e. The van der Waals surface area contributed by atoms with Gasteiger partial charge in [0.1, 0.15) is 0 Å². The summed E-state index contributed by atoms with van der Waals surface area (Å²) in [4.78, 5) is 11.4. The summed E-state index contributed by atoms with van der Waals surface area (Å²) in [6.07, 6.45) is 1.21. The van der Waals surface area contributed by atoms with Gasteiger partial charge < -0.3 is 9.63 Å². The van der Waals surface area contributed by atoms with Crippen molar-refractivity contribution >= 4 is 10.9 Å². The predicted octanol–water partition coefficient (Wildman–Crippen LogP) is 2.85. The van der Waals surface area contributed by atoms with Gasteiger partial charge in [-0.2, -0.15) is 4.98 Å². The summed E-state index contributed by atoms with van der Waals surface area (Å²) in [7, 11) is 0. The Morgan fingerprint density at radius 1 is 1.15 bits per heavy atom. The Labute approximate surface area is 159 Å². The molecule has 2 aromatic heterocycles. The van der Waals surface area contributed by atoms with Crippen LogP contribution in [0, 0.1) is 11.8 Å². The summed E-state index contributed by atoms with van der Waals surface area (Å²) in [5.41, 5.74) is 2.03. The van der Waals surface area contributed by atoms with Gasteiger partial charge in [0, 0.05) is 36.5 Å². The number of aliphatic hydroxyl groups is 1. The molecule has 2 atom stereocenters. The average molecular weight is 366 g/mol. The number of para-hydroxylation sites is 1. The van der Waals surface area contributed by atoms with Crippen LogP contribution in [0.3, 0.4) is 0 Å². The fraction of sp³-hybridized carbons (Fsp3) is 0.476. The Bertz CT molecular complexity index is 908. The molecule has 27 heavy (non-hydrogen) atoms. The van der Waals surface area contributed by atoms with Crippen molar-refractivity contribution in [3.05, 3.63) is 53.8 Å². The van der Waals surface area contributed by atoms with Gasteiger partial charge in [0.2, 0.25) is 5.89 Å². The molecule has 0 spiro atoms. The van der Waals surface area contributed by atoms with Crippen molar-refractivity contribution in [3.63, 3.8) is 0 Å². The maximum absolute atomic E-state index is 10.5. The third-order valence-corrected chi connectivity index (χ3v) is 5.07. The average Bonchev–Trinajstić information content (AvgIpc) is 3.21. The monoisotopic (exact) mass is 366 g/mol. The lowest BCUT2D eigenvalue weighted by molar-refractivity contribution is 0.140. The molecule has 0 amide bonds. The molecule has 3 heterocycles. The zero-order valence-electron chi connectivity index (χ0n) is 15.9. The van der Waals surface area contributed by atoms with Crippen molar-refractivity contribution in [1.82, 2.24) is 20.0 Å². The number of nitrogens with zero attached hydrogens (tertiary/aromatic N) is 4. The van der Waals surface area contributed by atoms with E-state index in [0.29, 0.717) is 30.7 Å². The molecular formula is C21H26N4O2. The topological polar surface area (TPSA) is 75.3 Å². The number of aromatic nitrogens is 3. The molecule has 6 nitrogen and oxygen atoms in total. The molecule has 1 N–H and O–H groups in total. The lowest BCUT2D eigenvalue weighted by atomic mass is 9.99. The van der Waals surface area contributed by atoms with Crippen LogP contribution in [0.1, 0.15) is 31.3 Å². The molecule has 0 bridgehead atoms. The van der Waals surface area contributed by atoms with Crippen LogP contribution in [-0.4, -0.2) is 44.3 Å². The fourth-order valence-electron chi connectivity index (χ4n) is 3.75. The molecule has 0 unspecified atom stereocenters. The summed E-state index contributed by atoms with van der Waals surface area (Å²) < 4.78 is 5.32. The molecule has 1 fully saturated rings. The van der Waals surface area contributed by atoms with Gasteiger partial charge in [0.15, 0.2) is 5.82 Å². The van der Waals surface area contributed by atoms with Crippen molar-refractivity contribution in [2.24, 2.45) is 11.8 Å². The Morgan fingerprint density at radius 3 is 2.85 bits per heavy atom. The lowest BCUT2D eigenvalue weighted by Crippen LogP contribution is -2.22. The van der Waals surface area contributed by atoms with Crippen molar-refractivity contribution in [2.45, 2.75) is 39.3 Å². The molecule has 6 heteroatoms. The molecule has 1 aromatic carbocycles. The molecule has 3 aromatic rings. The number of pyridine rings is 1. The number of hydrogen-bond acceptors (Lipinski definition) is 6. The van der Waals surface area contributed by atoms with Gasteiger partial charge in [-0.15, -0.1) is 0 Å². The van der Waals surface area contributed by atoms with E-state index in [-0.39, 0.29) is 12.0 Å². The number of fused-ring (bicyclic) bond motifs is 1. The zero-order chi connectivity index (χ0) is 18.8. The maximum Gasteiger partial charge on any atom is 0.226 e. The van der Waals surface area contributed by atoms with Crippen LogP contribution < -0.4 is 0 Å². The van der Waals surface area contributed by atoms with E-state index in [2.05, 4.69) is 47.1 Å². The van der Waals surface area contributed by atoms with E-state index in [1.807, 2.05) is 18.2 Å². The molecule has 142 valence electrons. The highest BCUT2D eigenvalue weighted by Gasteiger charge is 2.32. The Morgan fingerprint density at radius 2 is 2.00 bits per heavy atom. The van der Waals surface area contributed by atoms with Gasteiger partial charge in [0.25, 0.3) is 0 Å². The van der Waals surface area contributed by atoms with Crippen LogP contribution in [0.15, 0.2) is 40.9 Å². The first-order valence-electron chi connectivity index (χ1n) is 9.63. The van der Waals surface area contributed by atoms with Crippen LogP contribution >= 0.6 is 0 Å².